The van der Waals surface area contributed by atoms with E-state index in [4.69, 9.17) is 16.3 Å². The van der Waals surface area contributed by atoms with Crippen molar-refractivity contribution in [1.82, 2.24) is 0 Å². The van der Waals surface area contributed by atoms with Gasteiger partial charge in [0.05, 0.1) is 22.4 Å². The molecule has 2 rings (SSSR count). The third kappa shape index (κ3) is 3.86. The fraction of sp³-hybridized carbons (Fsp3) is 0.125. The Morgan fingerprint density at radius 1 is 1.05 bits per heavy atom. The third-order valence-electron chi connectivity index (χ3n) is 2.97. The number of hydrogen-bond donors (Lipinski definition) is 0. The van der Waals surface area contributed by atoms with Crippen LogP contribution in [0.5, 0.6) is 5.75 Å². The van der Waals surface area contributed by atoms with Gasteiger partial charge in [-0.1, -0.05) is 29.3 Å². The second-order valence-corrected chi connectivity index (χ2v) is 6.76. The van der Waals surface area contributed by atoms with Crippen LogP contribution in [0.2, 0.25) is 0 Å². The molecular weight excluding hydrogens is 308 g/mol. The lowest BCUT2D eigenvalue weighted by Gasteiger charge is -2.04. The summed E-state index contributed by atoms with van der Waals surface area (Å²) in [6.07, 6.45) is 0. The van der Waals surface area contributed by atoms with Crippen molar-refractivity contribution in [2.24, 2.45) is 0 Å². The zero-order chi connectivity index (χ0) is 15.5. The van der Waals surface area contributed by atoms with Crippen LogP contribution in [0.1, 0.15) is 11.1 Å². The molecule has 0 aliphatic heterocycles. The first kappa shape index (κ1) is 15.6. The highest BCUT2D eigenvalue weighted by molar-refractivity contribution is 7.94. The summed E-state index contributed by atoms with van der Waals surface area (Å²) < 4.78 is 29.6. The predicted molar refractivity (Wildman–Crippen MR) is 85.2 cm³/mol. The number of benzene rings is 2. The molecule has 0 aliphatic carbocycles. The Morgan fingerprint density at radius 2 is 1.62 bits per heavy atom. The van der Waals surface area contributed by atoms with Crippen molar-refractivity contribution in [2.45, 2.75) is 11.8 Å². The quantitative estimate of drug-likeness (QED) is 0.854. The van der Waals surface area contributed by atoms with Gasteiger partial charge in [-0.05, 0) is 48.9 Å². The maximum atomic E-state index is 12.3. The summed E-state index contributed by atoms with van der Waals surface area (Å²) in [4.78, 5) is 0.222. The van der Waals surface area contributed by atoms with E-state index in [1.54, 1.807) is 55.6 Å². The van der Waals surface area contributed by atoms with Crippen LogP contribution in [0.4, 0.5) is 0 Å². The van der Waals surface area contributed by atoms with E-state index in [9.17, 15) is 8.42 Å². The van der Waals surface area contributed by atoms with E-state index in [1.165, 1.54) is 0 Å². The summed E-state index contributed by atoms with van der Waals surface area (Å²) in [5.41, 5.74) is 1.62. The van der Waals surface area contributed by atoms with Gasteiger partial charge in [0.1, 0.15) is 5.75 Å². The number of hydrogen-bond acceptors (Lipinski definition) is 3. The Balaban J connectivity index is 2.33. The van der Waals surface area contributed by atoms with Gasteiger partial charge in [0, 0.05) is 0 Å². The first-order valence-electron chi connectivity index (χ1n) is 6.26. The summed E-state index contributed by atoms with van der Waals surface area (Å²) in [6, 6.07) is 13.5. The first-order chi connectivity index (χ1) is 9.92. The van der Waals surface area contributed by atoms with Crippen molar-refractivity contribution in [3.8, 4) is 5.75 Å². The Bertz CT molecular complexity index is 745. The van der Waals surface area contributed by atoms with E-state index < -0.39 is 9.84 Å². The topological polar surface area (TPSA) is 43.4 Å². The van der Waals surface area contributed by atoms with Gasteiger partial charge in [0.25, 0.3) is 0 Å². The number of sulfone groups is 1. The number of methoxy groups -OCH3 is 1. The molecule has 0 aromatic heterocycles. The third-order valence-corrected chi connectivity index (χ3v) is 4.91. The fourth-order valence-corrected chi connectivity index (χ4v) is 3.29. The predicted octanol–water partition coefficient (Wildman–Crippen LogP) is 4.01. The van der Waals surface area contributed by atoms with Crippen LogP contribution in [-0.2, 0) is 9.84 Å². The van der Waals surface area contributed by atoms with Gasteiger partial charge >= 0.3 is 0 Å². The number of rotatable bonds is 4. The maximum absolute atomic E-state index is 12.3. The molecule has 0 amide bonds. The SMILES string of the molecule is COc1ccc(/C(Cl)=C\S(=O)(=O)c2ccc(C)cc2)cc1. The van der Waals surface area contributed by atoms with Crippen LogP contribution in [0.25, 0.3) is 5.03 Å². The molecule has 21 heavy (non-hydrogen) atoms. The molecule has 0 atom stereocenters. The largest absolute Gasteiger partial charge is 0.497 e. The molecule has 0 saturated heterocycles. The molecule has 2 aromatic carbocycles. The molecular formula is C16H15ClO3S. The Labute approximate surface area is 129 Å². The molecule has 110 valence electrons. The molecule has 0 radical (unpaired) electrons. The maximum Gasteiger partial charge on any atom is 0.201 e. The first-order valence-corrected chi connectivity index (χ1v) is 8.18. The van der Waals surface area contributed by atoms with Crippen molar-refractivity contribution in [3.05, 3.63) is 65.1 Å². The molecule has 0 heterocycles. The monoisotopic (exact) mass is 322 g/mol. The Morgan fingerprint density at radius 3 is 2.14 bits per heavy atom. The van der Waals surface area contributed by atoms with E-state index in [0.717, 1.165) is 11.0 Å². The van der Waals surface area contributed by atoms with E-state index in [2.05, 4.69) is 0 Å². The lowest BCUT2D eigenvalue weighted by atomic mass is 10.2. The average molecular weight is 323 g/mol. The molecule has 2 aromatic rings. The highest BCUT2D eigenvalue weighted by Crippen LogP contribution is 2.25. The van der Waals surface area contributed by atoms with Crippen LogP contribution in [0.15, 0.2) is 58.8 Å². The normalized spacial score (nSPS) is 12.2. The van der Waals surface area contributed by atoms with Crippen molar-refractivity contribution < 1.29 is 13.2 Å². The highest BCUT2D eigenvalue weighted by atomic mass is 35.5. The minimum Gasteiger partial charge on any atom is -0.497 e. The van der Waals surface area contributed by atoms with Gasteiger partial charge in [-0.15, -0.1) is 0 Å². The molecule has 0 spiro atoms. The lowest BCUT2D eigenvalue weighted by molar-refractivity contribution is 0.415. The van der Waals surface area contributed by atoms with E-state index in [1.807, 2.05) is 6.92 Å². The van der Waals surface area contributed by atoms with Gasteiger partial charge in [-0.25, -0.2) is 8.42 Å². The Hall–Kier alpha value is -1.78. The van der Waals surface area contributed by atoms with Gasteiger partial charge < -0.3 is 4.74 Å². The number of ether oxygens (including phenoxy) is 1. The zero-order valence-corrected chi connectivity index (χ0v) is 13.3. The van der Waals surface area contributed by atoms with E-state index >= 15 is 0 Å². The summed E-state index contributed by atoms with van der Waals surface area (Å²) in [5, 5.41) is 1.24. The van der Waals surface area contributed by atoms with Gasteiger partial charge in [-0.3, -0.25) is 0 Å². The van der Waals surface area contributed by atoms with Crippen molar-refractivity contribution in [3.63, 3.8) is 0 Å². The smallest absolute Gasteiger partial charge is 0.201 e. The molecule has 0 aliphatic rings. The van der Waals surface area contributed by atoms with Crippen LogP contribution in [0.3, 0.4) is 0 Å². The van der Waals surface area contributed by atoms with Gasteiger partial charge in [0.2, 0.25) is 9.84 Å². The molecule has 3 nitrogen and oxygen atoms in total. The second-order valence-electron chi connectivity index (χ2n) is 4.55. The molecule has 0 saturated carbocycles. The van der Waals surface area contributed by atoms with Crippen LogP contribution in [0, 0.1) is 6.92 Å². The van der Waals surface area contributed by atoms with Crippen LogP contribution < -0.4 is 4.74 Å². The Kier molecular flexibility index (Phi) is 4.70. The zero-order valence-electron chi connectivity index (χ0n) is 11.7. The minimum atomic E-state index is -3.57. The summed E-state index contributed by atoms with van der Waals surface area (Å²) in [7, 11) is -2.00. The van der Waals surface area contributed by atoms with Crippen LogP contribution >= 0.6 is 11.6 Å². The second kappa shape index (κ2) is 6.33. The number of halogens is 1. The molecule has 0 N–H and O–H groups in total. The van der Waals surface area contributed by atoms with Gasteiger partial charge in [-0.2, -0.15) is 0 Å². The molecule has 0 unspecified atom stereocenters. The average Bonchev–Trinajstić information content (AvgIpc) is 2.47. The standard InChI is InChI=1S/C16H15ClO3S/c1-12-3-9-15(10-4-12)21(18,19)11-16(17)13-5-7-14(20-2)8-6-13/h3-11H,1-2H3/b16-11+. The van der Waals surface area contributed by atoms with E-state index in [-0.39, 0.29) is 9.93 Å². The van der Waals surface area contributed by atoms with Crippen molar-refractivity contribution in [2.75, 3.05) is 7.11 Å². The van der Waals surface area contributed by atoms with Crippen molar-refractivity contribution in [1.29, 1.82) is 0 Å². The highest BCUT2D eigenvalue weighted by Gasteiger charge is 2.13. The fourth-order valence-electron chi connectivity index (χ4n) is 1.75. The molecule has 5 heteroatoms. The number of aryl methyl sites for hydroxylation is 1. The summed E-state index contributed by atoms with van der Waals surface area (Å²) in [5.74, 6) is 0.685. The lowest BCUT2D eigenvalue weighted by Crippen LogP contribution is -1.97. The summed E-state index contributed by atoms with van der Waals surface area (Å²) in [6.45, 7) is 1.90. The van der Waals surface area contributed by atoms with Crippen LogP contribution in [-0.4, -0.2) is 15.5 Å². The minimum absolute atomic E-state index is 0.165. The molecule has 0 bridgehead atoms. The molecule has 0 fully saturated rings. The van der Waals surface area contributed by atoms with Gasteiger partial charge in [0.15, 0.2) is 0 Å². The van der Waals surface area contributed by atoms with Crippen molar-refractivity contribution >= 4 is 26.5 Å². The summed E-state index contributed by atoms with van der Waals surface area (Å²) >= 11 is 6.11. The van der Waals surface area contributed by atoms with E-state index in [0.29, 0.717) is 11.3 Å².